The van der Waals surface area contributed by atoms with Crippen molar-refractivity contribution in [2.45, 2.75) is 57.0 Å². The predicted molar refractivity (Wildman–Crippen MR) is 97.9 cm³/mol. The summed E-state index contributed by atoms with van der Waals surface area (Å²) in [5.74, 6) is -6.18. The number of pyridine rings is 1. The van der Waals surface area contributed by atoms with Crippen molar-refractivity contribution in [3.63, 3.8) is 0 Å². The van der Waals surface area contributed by atoms with Crippen molar-refractivity contribution >= 4 is 0 Å². The molecule has 11 heteroatoms. The Morgan fingerprint density at radius 2 is 1.75 bits per heavy atom. The first-order valence-electron chi connectivity index (χ1n) is 9.86. The lowest BCUT2D eigenvalue weighted by Gasteiger charge is -2.34. The van der Waals surface area contributed by atoms with Crippen molar-refractivity contribution < 1.29 is 44.9 Å². The lowest BCUT2D eigenvalue weighted by Crippen LogP contribution is -2.47. The quantitative estimate of drug-likeness (QED) is 0.367. The van der Waals surface area contributed by atoms with E-state index in [2.05, 4.69) is 9.72 Å². The zero-order valence-electron chi connectivity index (χ0n) is 16.9. The number of hydrogen-bond acceptors (Lipinski definition) is 4. The Bertz CT molecular complexity index is 893. The third-order valence-corrected chi connectivity index (χ3v) is 4.80. The van der Waals surface area contributed by atoms with Gasteiger partial charge < -0.3 is 14.2 Å². The molecule has 0 bridgehead atoms. The van der Waals surface area contributed by atoms with Gasteiger partial charge in [0.25, 0.3) is 0 Å². The van der Waals surface area contributed by atoms with Gasteiger partial charge in [0.1, 0.15) is 11.4 Å². The molecule has 2 atom stereocenters. The first kappa shape index (κ1) is 24.2. The molecule has 0 spiro atoms. The molecule has 1 aliphatic rings. The van der Waals surface area contributed by atoms with Crippen LogP contribution in [0.2, 0.25) is 0 Å². The van der Waals surface area contributed by atoms with Crippen LogP contribution in [-0.2, 0) is 22.0 Å². The normalized spacial score (nSPS) is 19.8. The monoisotopic (exact) mass is 467 g/mol. The summed E-state index contributed by atoms with van der Waals surface area (Å²) in [6.45, 7) is 1.34. The minimum atomic E-state index is -4.05. The Morgan fingerprint density at radius 1 is 1.06 bits per heavy atom. The van der Waals surface area contributed by atoms with Crippen molar-refractivity contribution in [3.8, 4) is 5.75 Å². The standard InChI is InChI=1S/C21H20F7NO3/c1-2-3-12-4-6-17(29-10-12)20(25,26)31-13-5-7-18(30-11-13)21(27,28)32-14-8-15(22)19(24)16(23)9-14/h4,6,8-10,13,18H,2-3,5,7,11H2,1H3. The van der Waals surface area contributed by atoms with Gasteiger partial charge in [0.15, 0.2) is 23.6 Å². The smallest absolute Gasteiger partial charge is 0.424 e. The van der Waals surface area contributed by atoms with Crippen LogP contribution < -0.4 is 4.74 Å². The molecular formula is C21H20F7NO3. The van der Waals surface area contributed by atoms with E-state index in [-0.39, 0.29) is 18.6 Å². The van der Waals surface area contributed by atoms with E-state index in [4.69, 9.17) is 9.47 Å². The molecule has 0 N–H and O–H groups in total. The summed E-state index contributed by atoms with van der Waals surface area (Å²) in [4.78, 5) is 3.71. The van der Waals surface area contributed by atoms with Crippen molar-refractivity contribution in [1.29, 1.82) is 0 Å². The summed E-state index contributed by atoms with van der Waals surface area (Å²) in [5, 5.41) is 0. The van der Waals surface area contributed by atoms with Gasteiger partial charge in [-0.25, -0.2) is 13.2 Å². The SMILES string of the molecule is CCCc1ccc(C(F)(F)OC2CCC(C(F)(F)Oc3cc(F)c(F)c(F)c3)OC2)nc1. The Hall–Kier alpha value is -2.40. The summed E-state index contributed by atoms with van der Waals surface area (Å²) >= 11 is 0. The highest BCUT2D eigenvalue weighted by atomic mass is 19.3. The van der Waals surface area contributed by atoms with Gasteiger partial charge in [-0.2, -0.15) is 17.6 Å². The lowest BCUT2D eigenvalue weighted by atomic mass is 10.1. The van der Waals surface area contributed by atoms with Crippen molar-refractivity contribution in [2.24, 2.45) is 0 Å². The van der Waals surface area contributed by atoms with E-state index < -0.39 is 66.3 Å². The number of halogens is 7. The maximum absolute atomic E-state index is 14.4. The fourth-order valence-corrected chi connectivity index (χ4v) is 3.20. The second kappa shape index (κ2) is 9.62. The minimum Gasteiger partial charge on any atom is -0.430 e. The minimum absolute atomic E-state index is 0.223. The van der Waals surface area contributed by atoms with Gasteiger partial charge in [0.05, 0.1) is 12.7 Å². The highest BCUT2D eigenvalue weighted by Gasteiger charge is 2.47. The first-order valence-corrected chi connectivity index (χ1v) is 9.86. The largest absolute Gasteiger partial charge is 0.430 e. The molecule has 4 nitrogen and oxygen atoms in total. The molecule has 32 heavy (non-hydrogen) atoms. The zero-order chi connectivity index (χ0) is 23.5. The second-order valence-corrected chi connectivity index (χ2v) is 7.32. The topological polar surface area (TPSA) is 40.6 Å². The number of alkyl halides is 4. The summed E-state index contributed by atoms with van der Waals surface area (Å²) in [6.07, 6.45) is -8.73. The van der Waals surface area contributed by atoms with Crippen LogP contribution in [0.3, 0.4) is 0 Å². The van der Waals surface area contributed by atoms with Gasteiger partial charge in [0.2, 0.25) is 0 Å². The maximum atomic E-state index is 14.4. The van der Waals surface area contributed by atoms with E-state index in [1.165, 1.54) is 12.3 Å². The Morgan fingerprint density at radius 3 is 2.28 bits per heavy atom. The fraction of sp³-hybridized carbons (Fsp3) is 0.476. The van der Waals surface area contributed by atoms with Crippen LogP contribution in [-0.4, -0.2) is 29.9 Å². The van der Waals surface area contributed by atoms with Gasteiger partial charge in [-0.1, -0.05) is 19.4 Å². The van der Waals surface area contributed by atoms with Crippen molar-refractivity contribution in [2.75, 3.05) is 6.61 Å². The van der Waals surface area contributed by atoms with Crippen LogP contribution in [0.15, 0.2) is 30.5 Å². The fourth-order valence-electron chi connectivity index (χ4n) is 3.20. The van der Waals surface area contributed by atoms with Crippen LogP contribution in [0, 0.1) is 17.5 Å². The van der Waals surface area contributed by atoms with E-state index in [1.807, 2.05) is 6.92 Å². The second-order valence-electron chi connectivity index (χ2n) is 7.32. The number of hydrogen-bond donors (Lipinski definition) is 0. The maximum Gasteiger partial charge on any atom is 0.424 e. The molecule has 1 aliphatic heterocycles. The van der Waals surface area contributed by atoms with Crippen molar-refractivity contribution in [3.05, 3.63) is 59.2 Å². The van der Waals surface area contributed by atoms with E-state index in [1.54, 1.807) is 0 Å². The molecule has 2 aromatic rings. The number of nitrogens with zero attached hydrogens (tertiary/aromatic N) is 1. The van der Waals surface area contributed by atoms with Gasteiger partial charge in [-0.05, 0) is 30.9 Å². The molecule has 1 fully saturated rings. The number of benzene rings is 1. The average molecular weight is 467 g/mol. The number of aryl methyl sites for hydroxylation is 1. The molecular weight excluding hydrogens is 447 g/mol. The Labute approximate surface area is 179 Å². The van der Waals surface area contributed by atoms with Crippen LogP contribution in [0.1, 0.15) is 37.4 Å². The van der Waals surface area contributed by atoms with Gasteiger partial charge in [-0.3, -0.25) is 4.98 Å². The van der Waals surface area contributed by atoms with Crippen LogP contribution in [0.5, 0.6) is 5.75 Å². The highest BCUT2D eigenvalue weighted by molar-refractivity contribution is 5.25. The van der Waals surface area contributed by atoms with Crippen LogP contribution in [0.25, 0.3) is 0 Å². The van der Waals surface area contributed by atoms with E-state index in [0.717, 1.165) is 18.1 Å². The molecule has 3 rings (SSSR count). The summed E-state index contributed by atoms with van der Waals surface area (Å²) in [5.41, 5.74) is 0.174. The summed E-state index contributed by atoms with van der Waals surface area (Å²) < 4.78 is 111. The molecule has 1 aromatic carbocycles. The molecule has 0 aliphatic carbocycles. The van der Waals surface area contributed by atoms with Crippen LogP contribution in [0.4, 0.5) is 30.7 Å². The lowest BCUT2D eigenvalue weighted by molar-refractivity contribution is -0.312. The molecule has 176 valence electrons. The number of rotatable bonds is 8. The van der Waals surface area contributed by atoms with E-state index in [9.17, 15) is 30.7 Å². The molecule has 2 heterocycles. The molecule has 0 amide bonds. The average Bonchev–Trinajstić information content (AvgIpc) is 2.72. The highest BCUT2D eigenvalue weighted by Crippen LogP contribution is 2.36. The van der Waals surface area contributed by atoms with Crippen molar-refractivity contribution in [1.82, 2.24) is 4.98 Å². The zero-order valence-corrected chi connectivity index (χ0v) is 16.9. The number of aromatic nitrogens is 1. The Balaban J connectivity index is 1.57. The Kier molecular flexibility index (Phi) is 7.29. The molecule has 1 saturated heterocycles. The van der Waals surface area contributed by atoms with E-state index >= 15 is 0 Å². The first-order chi connectivity index (χ1) is 15.0. The third-order valence-electron chi connectivity index (χ3n) is 4.80. The molecule has 1 aromatic heterocycles. The molecule has 0 saturated carbocycles. The third kappa shape index (κ3) is 5.69. The summed E-state index contributed by atoms with van der Waals surface area (Å²) in [7, 11) is 0. The van der Waals surface area contributed by atoms with E-state index in [0.29, 0.717) is 6.42 Å². The molecule has 2 unspecified atom stereocenters. The number of ether oxygens (including phenoxy) is 3. The van der Waals surface area contributed by atoms with Gasteiger partial charge in [0, 0.05) is 18.3 Å². The predicted octanol–water partition coefficient (Wildman–Crippen LogP) is 5.74. The summed E-state index contributed by atoms with van der Waals surface area (Å²) in [6, 6.07) is 3.18. The molecule has 0 radical (unpaired) electrons. The van der Waals surface area contributed by atoms with Crippen LogP contribution >= 0.6 is 0 Å². The van der Waals surface area contributed by atoms with Gasteiger partial charge >= 0.3 is 12.2 Å². The van der Waals surface area contributed by atoms with Gasteiger partial charge in [-0.15, -0.1) is 0 Å².